The lowest BCUT2D eigenvalue weighted by molar-refractivity contribution is 0.412. The molecule has 0 saturated heterocycles. The Bertz CT molecular complexity index is 1060. The quantitative estimate of drug-likeness (QED) is 0.632. The Morgan fingerprint density at radius 2 is 2.00 bits per heavy atom. The average Bonchev–Trinajstić information content (AvgIpc) is 2.96. The van der Waals surface area contributed by atoms with E-state index in [2.05, 4.69) is 32.4 Å². The van der Waals surface area contributed by atoms with Gasteiger partial charge in [0, 0.05) is 12.1 Å². The number of imidazole rings is 1. The van der Waals surface area contributed by atoms with E-state index in [1.807, 2.05) is 18.2 Å². The van der Waals surface area contributed by atoms with E-state index in [0.29, 0.717) is 5.52 Å². The molecule has 0 bridgehead atoms. The van der Waals surface area contributed by atoms with Crippen LogP contribution < -0.4 is 9.88 Å². The van der Waals surface area contributed by atoms with E-state index < -0.39 is 10.0 Å². The van der Waals surface area contributed by atoms with Gasteiger partial charge in [-0.25, -0.2) is 18.5 Å². The topological polar surface area (TPSA) is 87.2 Å². The minimum absolute atomic E-state index is 0.0626. The van der Waals surface area contributed by atoms with E-state index in [0.717, 1.165) is 46.5 Å². The van der Waals surface area contributed by atoms with Crippen molar-refractivity contribution in [2.24, 2.45) is 5.14 Å². The Morgan fingerprint density at radius 1 is 1.23 bits per heavy atom. The van der Waals surface area contributed by atoms with Crippen molar-refractivity contribution in [1.82, 2.24) is 9.55 Å². The van der Waals surface area contributed by atoms with Gasteiger partial charge in [-0.05, 0) is 58.7 Å². The molecule has 8 heteroatoms. The Labute approximate surface area is 161 Å². The van der Waals surface area contributed by atoms with Gasteiger partial charge in [-0.2, -0.15) is 0 Å². The fourth-order valence-corrected chi connectivity index (χ4v) is 3.93. The third-order valence-corrected chi connectivity index (χ3v) is 5.72. The third-order valence-electron chi connectivity index (χ3n) is 4.19. The number of benzene rings is 2. The summed E-state index contributed by atoms with van der Waals surface area (Å²) in [4.78, 5) is 4.75. The fourth-order valence-electron chi connectivity index (χ4n) is 2.86. The van der Waals surface area contributed by atoms with E-state index in [-0.39, 0.29) is 4.90 Å². The predicted octanol–water partition coefficient (Wildman–Crippen LogP) is 3.92. The lowest BCUT2D eigenvalue weighted by Crippen LogP contribution is -2.11. The van der Waals surface area contributed by atoms with Gasteiger partial charge >= 0.3 is 0 Å². The fraction of sp³-hybridized carbons (Fsp3) is 0.278. The lowest BCUT2D eigenvalue weighted by Gasteiger charge is -2.10. The van der Waals surface area contributed by atoms with Gasteiger partial charge < -0.3 is 9.30 Å². The van der Waals surface area contributed by atoms with Crippen LogP contribution in [0.4, 0.5) is 0 Å². The number of unbranched alkanes of at least 4 members (excludes halogenated alkanes) is 1. The van der Waals surface area contributed by atoms with Crippen LogP contribution in [0.25, 0.3) is 22.4 Å². The zero-order valence-electron chi connectivity index (χ0n) is 14.6. The lowest BCUT2D eigenvalue weighted by atomic mass is 10.2. The Kier molecular flexibility index (Phi) is 5.36. The Morgan fingerprint density at radius 3 is 2.62 bits per heavy atom. The van der Waals surface area contributed by atoms with Crippen molar-refractivity contribution in [1.29, 1.82) is 0 Å². The number of nitrogens with zero attached hydrogens (tertiary/aromatic N) is 2. The highest BCUT2D eigenvalue weighted by atomic mass is 79.9. The first-order valence-corrected chi connectivity index (χ1v) is 10.6. The highest BCUT2D eigenvalue weighted by Gasteiger charge is 2.16. The predicted molar refractivity (Wildman–Crippen MR) is 106 cm³/mol. The molecule has 0 aliphatic heterocycles. The summed E-state index contributed by atoms with van der Waals surface area (Å²) in [6, 6.07) is 10.6. The van der Waals surface area contributed by atoms with Crippen LogP contribution in [0.5, 0.6) is 5.75 Å². The molecular formula is C18H20BrN3O3S. The molecule has 138 valence electrons. The van der Waals surface area contributed by atoms with Gasteiger partial charge in [0.05, 0.1) is 27.5 Å². The molecule has 1 aromatic heterocycles. The largest absolute Gasteiger partial charge is 0.496 e. The maximum Gasteiger partial charge on any atom is 0.238 e. The van der Waals surface area contributed by atoms with Gasteiger partial charge in [0.1, 0.15) is 11.6 Å². The molecule has 0 radical (unpaired) electrons. The Balaban J connectivity index is 2.20. The summed E-state index contributed by atoms with van der Waals surface area (Å²) in [5.41, 5.74) is 2.41. The maximum absolute atomic E-state index is 11.6. The van der Waals surface area contributed by atoms with Crippen molar-refractivity contribution in [3.8, 4) is 17.1 Å². The third kappa shape index (κ3) is 3.62. The molecule has 0 amide bonds. The standard InChI is InChI=1S/C18H20BrN3O3S/c1-3-4-9-22-16-7-6-13(26(20,23)24)11-15(16)21-18(22)12-5-8-17(25-2)14(19)10-12/h5-8,10-11H,3-4,9H2,1-2H3,(H2,20,23,24). The molecule has 26 heavy (non-hydrogen) atoms. The van der Waals surface area contributed by atoms with E-state index in [1.54, 1.807) is 13.2 Å². The minimum atomic E-state index is -3.77. The average molecular weight is 438 g/mol. The molecule has 0 atom stereocenters. The van der Waals surface area contributed by atoms with Crippen molar-refractivity contribution in [2.45, 2.75) is 31.2 Å². The monoisotopic (exact) mass is 437 g/mol. The number of primary sulfonamides is 1. The molecule has 2 N–H and O–H groups in total. The highest BCUT2D eigenvalue weighted by molar-refractivity contribution is 9.10. The van der Waals surface area contributed by atoms with Crippen LogP contribution in [0, 0.1) is 0 Å². The van der Waals surface area contributed by atoms with Crippen LogP contribution in [0.3, 0.4) is 0 Å². The van der Waals surface area contributed by atoms with Gasteiger partial charge in [0.25, 0.3) is 0 Å². The van der Waals surface area contributed by atoms with E-state index in [1.165, 1.54) is 12.1 Å². The molecular weight excluding hydrogens is 418 g/mol. The van der Waals surface area contributed by atoms with Crippen LogP contribution in [-0.2, 0) is 16.6 Å². The number of halogens is 1. The zero-order chi connectivity index (χ0) is 18.9. The summed E-state index contributed by atoms with van der Waals surface area (Å²) >= 11 is 3.51. The van der Waals surface area contributed by atoms with Crippen molar-refractivity contribution < 1.29 is 13.2 Å². The second-order valence-corrected chi connectivity index (χ2v) is 8.40. The van der Waals surface area contributed by atoms with Crippen LogP contribution >= 0.6 is 15.9 Å². The highest BCUT2D eigenvalue weighted by Crippen LogP contribution is 2.32. The summed E-state index contributed by atoms with van der Waals surface area (Å²) in [5, 5.41) is 5.25. The minimum Gasteiger partial charge on any atom is -0.496 e. The number of nitrogens with two attached hydrogens (primary N) is 1. The molecule has 2 aromatic carbocycles. The zero-order valence-corrected chi connectivity index (χ0v) is 17.0. The maximum atomic E-state index is 11.6. The van der Waals surface area contributed by atoms with Gasteiger partial charge in [0.15, 0.2) is 0 Å². The summed E-state index contributed by atoms with van der Waals surface area (Å²) in [5.74, 6) is 1.52. The van der Waals surface area contributed by atoms with Crippen LogP contribution in [-0.4, -0.2) is 25.1 Å². The van der Waals surface area contributed by atoms with Crippen molar-refractivity contribution in [2.75, 3.05) is 7.11 Å². The van der Waals surface area contributed by atoms with Gasteiger partial charge in [-0.3, -0.25) is 0 Å². The molecule has 0 saturated carbocycles. The summed E-state index contributed by atoms with van der Waals surface area (Å²) in [6.45, 7) is 2.92. The number of aromatic nitrogens is 2. The summed E-state index contributed by atoms with van der Waals surface area (Å²) < 4.78 is 31.5. The SMILES string of the molecule is CCCCn1c(-c2ccc(OC)c(Br)c2)nc2cc(S(N)(=O)=O)ccc21. The van der Waals surface area contributed by atoms with Gasteiger partial charge in [0.2, 0.25) is 10.0 Å². The van der Waals surface area contributed by atoms with Crippen LogP contribution in [0.15, 0.2) is 45.8 Å². The van der Waals surface area contributed by atoms with Crippen LogP contribution in [0.2, 0.25) is 0 Å². The number of rotatable bonds is 6. The van der Waals surface area contributed by atoms with Crippen LogP contribution in [0.1, 0.15) is 19.8 Å². The number of fused-ring (bicyclic) bond motifs is 1. The molecule has 6 nitrogen and oxygen atoms in total. The van der Waals surface area contributed by atoms with Gasteiger partial charge in [-0.1, -0.05) is 13.3 Å². The molecule has 0 spiro atoms. The van der Waals surface area contributed by atoms with Crippen molar-refractivity contribution >= 4 is 37.0 Å². The number of aryl methyl sites for hydroxylation is 1. The van der Waals surface area contributed by atoms with E-state index in [4.69, 9.17) is 9.88 Å². The molecule has 0 aliphatic rings. The summed E-state index contributed by atoms with van der Waals surface area (Å²) in [7, 11) is -2.15. The molecule has 3 aromatic rings. The normalized spacial score (nSPS) is 11.8. The molecule has 0 aliphatic carbocycles. The molecule has 0 unspecified atom stereocenters. The molecule has 0 fully saturated rings. The van der Waals surface area contributed by atoms with Crippen molar-refractivity contribution in [3.63, 3.8) is 0 Å². The summed E-state index contributed by atoms with van der Waals surface area (Å²) in [6.07, 6.45) is 2.04. The first-order valence-electron chi connectivity index (χ1n) is 8.22. The second-order valence-electron chi connectivity index (χ2n) is 5.99. The van der Waals surface area contributed by atoms with E-state index in [9.17, 15) is 8.42 Å². The molecule has 3 rings (SSSR count). The smallest absolute Gasteiger partial charge is 0.238 e. The number of ether oxygens (including phenoxy) is 1. The number of methoxy groups -OCH3 is 1. The number of sulfonamides is 1. The second kappa shape index (κ2) is 7.38. The molecule has 1 heterocycles. The van der Waals surface area contributed by atoms with Crippen molar-refractivity contribution in [3.05, 3.63) is 40.9 Å². The van der Waals surface area contributed by atoms with E-state index >= 15 is 0 Å². The Hall–Kier alpha value is -1.90. The number of hydrogen-bond acceptors (Lipinski definition) is 4. The van der Waals surface area contributed by atoms with Gasteiger partial charge in [-0.15, -0.1) is 0 Å². The number of hydrogen-bond donors (Lipinski definition) is 1. The first kappa shape index (κ1) is 18.9. The first-order chi connectivity index (χ1) is 12.3.